The second-order valence-electron chi connectivity index (χ2n) is 16.6. The molecule has 308 valence electrons. The lowest BCUT2D eigenvalue weighted by Crippen LogP contribution is -2.09. The quantitative estimate of drug-likeness (QED) is 0.0808. The standard InChI is InChI=1S/C50H56F2N4S3/c1-5-9-11-15-31(7-3)27-33-19-21-35(37(51)29-33)41-23-25-43(57-41)45-47-48(54-40-18-14-13-17-39(40)53-47)46(50-49(45)55-59-56-50)44-26-24-42(58-44)36-22-20-34(30-38(36)52)28-32(8-4)16-12-10-6-2/h19-26,29-32H,5-18,27-28H2,1-4H3. The van der Waals surface area contributed by atoms with Crippen LogP contribution in [0.15, 0.2) is 60.7 Å². The topological polar surface area (TPSA) is 51.6 Å². The minimum atomic E-state index is -0.180. The summed E-state index contributed by atoms with van der Waals surface area (Å²) in [7, 11) is 0. The van der Waals surface area contributed by atoms with Gasteiger partial charge in [0.15, 0.2) is 0 Å². The van der Waals surface area contributed by atoms with Crippen LogP contribution in [0.1, 0.15) is 127 Å². The summed E-state index contributed by atoms with van der Waals surface area (Å²) in [4.78, 5) is 14.4. The molecule has 1 aliphatic rings. The van der Waals surface area contributed by atoms with E-state index in [1.165, 1.54) is 63.1 Å². The van der Waals surface area contributed by atoms with Gasteiger partial charge < -0.3 is 0 Å². The summed E-state index contributed by atoms with van der Waals surface area (Å²) in [6, 6.07) is 19.8. The molecule has 8 rings (SSSR count). The third kappa shape index (κ3) is 9.08. The molecule has 4 nitrogen and oxygen atoms in total. The van der Waals surface area contributed by atoms with E-state index in [0.717, 1.165) is 127 Å². The number of aryl methyl sites for hydroxylation is 2. The molecular weight excluding hydrogens is 791 g/mol. The number of unbranched alkanes of at least 4 members (excludes halogenated alkanes) is 4. The number of rotatable bonds is 18. The molecule has 0 radical (unpaired) electrons. The average molecular weight is 847 g/mol. The fourth-order valence-corrected chi connectivity index (χ4v) is 11.7. The van der Waals surface area contributed by atoms with Gasteiger partial charge in [-0.05, 0) is 97.9 Å². The second kappa shape index (κ2) is 19.2. The summed E-state index contributed by atoms with van der Waals surface area (Å²) in [6.07, 6.45) is 17.8. The van der Waals surface area contributed by atoms with Gasteiger partial charge in [0.05, 0.1) is 23.1 Å². The van der Waals surface area contributed by atoms with Crippen molar-refractivity contribution in [3.63, 3.8) is 0 Å². The van der Waals surface area contributed by atoms with E-state index >= 15 is 8.78 Å². The molecular formula is C50H56F2N4S3. The zero-order valence-corrected chi connectivity index (χ0v) is 37.5. The van der Waals surface area contributed by atoms with Crippen LogP contribution in [0.5, 0.6) is 0 Å². The molecule has 0 fully saturated rings. The number of nitrogens with zero attached hydrogens (tertiary/aromatic N) is 4. The van der Waals surface area contributed by atoms with Crippen LogP contribution < -0.4 is 0 Å². The highest BCUT2D eigenvalue weighted by molar-refractivity contribution is 7.19. The Kier molecular flexibility index (Phi) is 13.6. The Morgan fingerprint density at radius 1 is 0.542 bits per heavy atom. The predicted molar refractivity (Wildman–Crippen MR) is 248 cm³/mol. The number of thiophene rings is 2. The van der Waals surface area contributed by atoms with Crippen LogP contribution in [0.4, 0.5) is 8.78 Å². The van der Waals surface area contributed by atoms with Crippen molar-refractivity contribution in [3.05, 3.63) is 94.8 Å². The maximum absolute atomic E-state index is 15.9. The third-order valence-electron chi connectivity index (χ3n) is 12.5. The first-order valence-corrected chi connectivity index (χ1v) is 24.5. The lowest BCUT2D eigenvalue weighted by molar-refractivity contribution is 0.442. The average Bonchev–Trinajstić information content (AvgIpc) is 4.04. The summed E-state index contributed by atoms with van der Waals surface area (Å²) in [6.45, 7) is 8.97. The van der Waals surface area contributed by atoms with Gasteiger partial charge in [-0.25, -0.2) is 18.7 Å². The first-order chi connectivity index (χ1) is 28.9. The molecule has 0 bridgehead atoms. The summed E-state index contributed by atoms with van der Waals surface area (Å²) < 4.78 is 41.6. The van der Waals surface area contributed by atoms with Crippen LogP contribution in [0.2, 0.25) is 0 Å². The highest BCUT2D eigenvalue weighted by Crippen LogP contribution is 2.48. The normalized spacial score (nSPS) is 14.0. The van der Waals surface area contributed by atoms with Gasteiger partial charge in [-0.2, -0.15) is 8.75 Å². The number of halogens is 2. The van der Waals surface area contributed by atoms with E-state index in [1.807, 2.05) is 24.3 Å². The maximum atomic E-state index is 15.9. The van der Waals surface area contributed by atoms with E-state index in [0.29, 0.717) is 23.0 Å². The molecule has 9 heteroatoms. The lowest BCUT2D eigenvalue weighted by atomic mass is 9.91. The molecule has 0 amide bonds. The van der Waals surface area contributed by atoms with Gasteiger partial charge in [-0.1, -0.05) is 116 Å². The Hall–Kier alpha value is -3.92. The van der Waals surface area contributed by atoms with Crippen LogP contribution >= 0.6 is 34.4 Å². The van der Waals surface area contributed by atoms with E-state index in [2.05, 4.69) is 52.0 Å². The van der Waals surface area contributed by atoms with E-state index in [9.17, 15) is 0 Å². The van der Waals surface area contributed by atoms with Crippen molar-refractivity contribution in [1.29, 1.82) is 0 Å². The van der Waals surface area contributed by atoms with E-state index in [1.54, 1.807) is 34.8 Å². The number of hydrogen-bond acceptors (Lipinski definition) is 7. The van der Waals surface area contributed by atoms with Crippen LogP contribution in [0.25, 0.3) is 63.8 Å². The molecule has 4 aromatic heterocycles. The van der Waals surface area contributed by atoms with E-state index in [-0.39, 0.29) is 11.6 Å². The van der Waals surface area contributed by atoms with E-state index in [4.69, 9.17) is 18.7 Å². The van der Waals surface area contributed by atoms with Crippen molar-refractivity contribution in [1.82, 2.24) is 18.7 Å². The lowest BCUT2D eigenvalue weighted by Gasteiger charge is -2.17. The molecule has 0 N–H and O–H groups in total. The molecule has 2 unspecified atom stereocenters. The minimum absolute atomic E-state index is 0.180. The van der Waals surface area contributed by atoms with Gasteiger partial charge in [0.2, 0.25) is 0 Å². The zero-order valence-electron chi connectivity index (χ0n) is 35.0. The number of benzene rings is 3. The largest absolute Gasteiger partial charge is 0.248 e. The highest BCUT2D eigenvalue weighted by Gasteiger charge is 2.27. The van der Waals surface area contributed by atoms with Gasteiger partial charge >= 0.3 is 0 Å². The fraction of sp³-hybridized carbons (Fsp3) is 0.440. The van der Waals surface area contributed by atoms with Gasteiger partial charge in [0, 0.05) is 41.8 Å². The van der Waals surface area contributed by atoms with Gasteiger partial charge in [-0.3, -0.25) is 0 Å². The first-order valence-electron chi connectivity index (χ1n) is 22.1. The minimum Gasteiger partial charge on any atom is -0.248 e. The molecule has 4 heterocycles. The van der Waals surface area contributed by atoms with Crippen LogP contribution in [-0.4, -0.2) is 18.7 Å². The number of hydrogen-bond donors (Lipinski definition) is 0. The molecule has 0 aliphatic heterocycles. The molecule has 1 aliphatic carbocycles. The zero-order chi connectivity index (χ0) is 40.9. The molecule has 2 atom stereocenters. The van der Waals surface area contributed by atoms with Crippen molar-refractivity contribution in [2.45, 2.75) is 130 Å². The molecule has 0 saturated heterocycles. The van der Waals surface area contributed by atoms with Gasteiger partial charge in [0.25, 0.3) is 0 Å². The van der Waals surface area contributed by atoms with E-state index < -0.39 is 0 Å². The van der Waals surface area contributed by atoms with Crippen molar-refractivity contribution in [3.8, 4) is 41.8 Å². The van der Waals surface area contributed by atoms with Crippen molar-refractivity contribution >= 4 is 56.5 Å². The van der Waals surface area contributed by atoms with Gasteiger partial charge in [-0.15, -0.1) is 22.7 Å². The SMILES string of the molecule is CCCCCC(CC)Cc1ccc(-c2ccc(-c3c4nsnc4c(-c4ccc(-c5ccc(CC(CC)CCCCC)cc5F)s4)c4nc5c(nc34)CCCC5)s2)c(F)c1. The number of fused-ring (bicyclic) bond motifs is 3. The summed E-state index contributed by atoms with van der Waals surface area (Å²) in [5, 5.41) is 0. The molecule has 7 aromatic rings. The van der Waals surface area contributed by atoms with Crippen LogP contribution in [0, 0.1) is 23.5 Å². The first kappa shape index (κ1) is 41.8. The Balaban J connectivity index is 1.15. The second-order valence-corrected chi connectivity index (χ2v) is 19.3. The van der Waals surface area contributed by atoms with Crippen molar-refractivity contribution < 1.29 is 8.78 Å². The monoisotopic (exact) mass is 846 g/mol. The molecule has 0 saturated carbocycles. The summed E-state index contributed by atoms with van der Waals surface area (Å²) >= 11 is 4.32. The Labute approximate surface area is 360 Å². The van der Waals surface area contributed by atoms with Crippen molar-refractivity contribution in [2.75, 3.05) is 0 Å². The highest BCUT2D eigenvalue weighted by atomic mass is 32.1. The maximum Gasteiger partial charge on any atom is 0.132 e. The Morgan fingerprint density at radius 2 is 0.983 bits per heavy atom. The molecule has 59 heavy (non-hydrogen) atoms. The Morgan fingerprint density at radius 3 is 1.39 bits per heavy atom. The summed E-state index contributed by atoms with van der Waals surface area (Å²) in [5.41, 5.74) is 10.4. The van der Waals surface area contributed by atoms with Crippen molar-refractivity contribution in [2.24, 2.45) is 11.8 Å². The van der Waals surface area contributed by atoms with Gasteiger partial charge in [0.1, 0.15) is 33.7 Å². The smallest absolute Gasteiger partial charge is 0.132 e. The molecule has 0 spiro atoms. The predicted octanol–water partition coefficient (Wildman–Crippen LogP) is 15.9. The van der Waals surface area contributed by atoms with Crippen LogP contribution in [0.3, 0.4) is 0 Å². The summed E-state index contributed by atoms with van der Waals surface area (Å²) in [5.74, 6) is 0.797. The Bertz CT molecular complexity index is 2360. The number of aromatic nitrogens is 4. The molecule has 3 aromatic carbocycles. The fourth-order valence-electron chi connectivity index (χ4n) is 8.99. The third-order valence-corrected chi connectivity index (χ3v) is 15.3. The van der Waals surface area contributed by atoms with Crippen LogP contribution in [-0.2, 0) is 25.7 Å².